The Bertz CT molecular complexity index is 1440. The molecule has 3 unspecified atom stereocenters. The molecule has 0 aromatic heterocycles. The van der Waals surface area contributed by atoms with Gasteiger partial charge in [-0.25, -0.2) is 4.79 Å². The Kier molecular flexibility index (Phi) is 10.6. The van der Waals surface area contributed by atoms with E-state index in [1.165, 1.54) is 5.56 Å². The average molecular weight is 580 g/mol. The number of nitrogens with one attached hydrogen (secondary N) is 2. The van der Waals surface area contributed by atoms with Gasteiger partial charge in [0.2, 0.25) is 0 Å². The minimum atomic E-state index is -0.518. The molecule has 4 aromatic rings. The summed E-state index contributed by atoms with van der Waals surface area (Å²) < 4.78 is 13.1. The van der Waals surface area contributed by atoms with Crippen molar-refractivity contribution in [1.29, 1.82) is 0 Å². The molecule has 3 atom stereocenters. The smallest absolute Gasteiger partial charge is 0.315 e. The monoisotopic (exact) mass is 579 g/mol. The van der Waals surface area contributed by atoms with Gasteiger partial charge in [-0.3, -0.25) is 4.90 Å². The summed E-state index contributed by atoms with van der Waals surface area (Å²) >= 11 is 0. The minimum absolute atomic E-state index is 0.0158. The lowest BCUT2D eigenvalue weighted by atomic mass is 9.97. The van der Waals surface area contributed by atoms with E-state index in [2.05, 4.69) is 77.2 Å². The molecule has 7 nitrogen and oxygen atoms in total. The number of nitrogens with zero attached hydrogens (tertiary/aromatic N) is 1. The summed E-state index contributed by atoms with van der Waals surface area (Å²) in [6.07, 6.45) is 0.0474. The second-order valence-corrected chi connectivity index (χ2v) is 11.0. The van der Waals surface area contributed by atoms with Crippen molar-refractivity contribution in [2.45, 2.75) is 51.5 Å². The highest BCUT2D eigenvalue weighted by molar-refractivity contribution is 5.74. The molecule has 1 aliphatic rings. The number of hydrogen-bond donors (Lipinski definition) is 3. The molecule has 43 heavy (non-hydrogen) atoms. The maximum absolute atomic E-state index is 12.0. The summed E-state index contributed by atoms with van der Waals surface area (Å²) in [5, 5.41) is 15.2. The fourth-order valence-corrected chi connectivity index (χ4v) is 5.51. The van der Waals surface area contributed by atoms with Crippen molar-refractivity contribution in [3.05, 3.63) is 131 Å². The number of hydrogen-bond acceptors (Lipinski definition) is 5. The van der Waals surface area contributed by atoms with E-state index in [0.29, 0.717) is 13.1 Å². The third kappa shape index (κ3) is 8.30. The number of rotatable bonds is 11. The SMILES string of the molecule is CCNC(=O)NCc1ccccc1-c1ccc(C2OC(CN(C)Cc3ccccc3)CC(c3ccc(CO)cc3)O2)cc1. The number of carbonyl (C=O) groups excluding carboxylic acids is 1. The minimum Gasteiger partial charge on any atom is -0.392 e. The maximum atomic E-state index is 12.0. The van der Waals surface area contributed by atoms with Crippen LogP contribution in [0.15, 0.2) is 103 Å². The van der Waals surface area contributed by atoms with E-state index in [9.17, 15) is 9.90 Å². The molecule has 1 fully saturated rings. The van der Waals surface area contributed by atoms with Gasteiger partial charge in [-0.2, -0.15) is 0 Å². The Balaban J connectivity index is 1.33. The summed E-state index contributed by atoms with van der Waals surface area (Å²) in [5.74, 6) is 0. The van der Waals surface area contributed by atoms with Crippen LogP contribution in [0.25, 0.3) is 11.1 Å². The lowest BCUT2D eigenvalue weighted by Gasteiger charge is -2.38. The molecule has 224 valence electrons. The van der Waals surface area contributed by atoms with Gasteiger partial charge in [0.1, 0.15) is 0 Å². The maximum Gasteiger partial charge on any atom is 0.315 e. The van der Waals surface area contributed by atoms with Crippen molar-refractivity contribution in [3.8, 4) is 11.1 Å². The Morgan fingerprint density at radius 2 is 1.53 bits per heavy atom. The normalized spacial score (nSPS) is 18.4. The van der Waals surface area contributed by atoms with Crippen LogP contribution in [0.4, 0.5) is 4.79 Å². The third-order valence-corrected chi connectivity index (χ3v) is 7.71. The van der Waals surface area contributed by atoms with Gasteiger partial charge in [0.05, 0.1) is 18.8 Å². The topological polar surface area (TPSA) is 83.1 Å². The molecule has 7 heteroatoms. The number of amides is 2. The fraction of sp³-hybridized carbons (Fsp3) is 0.306. The van der Waals surface area contributed by atoms with E-state index in [4.69, 9.17) is 9.47 Å². The number of benzene rings is 4. The molecule has 5 rings (SSSR count). The van der Waals surface area contributed by atoms with Gasteiger partial charge in [0, 0.05) is 38.2 Å². The van der Waals surface area contributed by atoms with Gasteiger partial charge in [0.15, 0.2) is 6.29 Å². The molecule has 1 aliphatic heterocycles. The van der Waals surface area contributed by atoms with Crippen molar-refractivity contribution in [2.75, 3.05) is 20.1 Å². The first kappa shape index (κ1) is 30.4. The summed E-state index contributed by atoms with van der Waals surface area (Å²) in [6, 6.07) is 34.7. The number of carbonyl (C=O) groups is 1. The van der Waals surface area contributed by atoms with E-state index < -0.39 is 6.29 Å². The van der Waals surface area contributed by atoms with Crippen LogP contribution in [0.5, 0.6) is 0 Å². The van der Waals surface area contributed by atoms with Crippen LogP contribution >= 0.6 is 0 Å². The molecule has 0 spiro atoms. The molecular formula is C36H41N3O4. The molecule has 1 heterocycles. The zero-order valence-electron chi connectivity index (χ0n) is 24.9. The molecule has 3 N–H and O–H groups in total. The summed E-state index contributed by atoms with van der Waals surface area (Å²) in [6.45, 7) is 4.54. The van der Waals surface area contributed by atoms with Gasteiger partial charge < -0.3 is 25.2 Å². The predicted molar refractivity (Wildman–Crippen MR) is 169 cm³/mol. The molecule has 0 bridgehead atoms. The molecule has 2 amide bonds. The highest BCUT2D eigenvalue weighted by atomic mass is 16.7. The number of urea groups is 1. The summed E-state index contributed by atoms with van der Waals surface area (Å²) in [7, 11) is 2.12. The van der Waals surface area contributed by atoms with Crippen LogP contribution in [-0.4, -0.2) is 42.3 Å². The molecule has 0 saturated carbocycles. The second-order valence-electron chi connectivity index (χ2n) is 11.0. The van der Waals surface area contributed by atoms with Gasteiger partial charge in [-0.1, -0.05) is 103 Å². The zero-order chi connectivity index (χ0) is 30.0. The number of ether oxygens (including phenoxy) is 2. The van der Waals surface area contributed by atoms with E-state index in [-0.39, 0.29) is 24.8 Å². The van der Waals surface area contributed by atoms with Crippen LogP contribution in [0.2, 0.25) is 0 Å². The highest BCUT2D eigenvalue weighted by Gasteiger charge is 2.32. The first-order valence-electron chi connectivity index (χ1n) is 15.0. The standard InChI is InChI=1S/C36H41N3O4/c1-3-37-36(41)38-22-31-11-7-8-12-33(31)28-17-19-30(20-18-28)35-42-32(24-39(2)23-26-9-5-4-6-10-26)21-34(43-35)29-15-13-27(25-40)14-16-29/h4-20,32,34-35,40H,3,21-25H2,1-2H3,(H2,37,38,41). The molecule has 4 aromatic carbocycles. The van der Waals surface area contributed by atoms with Crippen molar-refractivity contribution < 1.29 is 19.4 Å². The van der Waals surface area contributed by atoms with E-state index in [0.717, 1.165) is 52.9 Å². The van der Waals surface area contributed by atoms with Gasteiger partial charge in [0.25, 0.3) is 0 Å². The Morgan fingerprint density at radius 3 is 2.26 bits per heavy atom. The number of aliphatic hydroxyl groups is 1. The Morgan fingerprint density at radius 1 is 0.837 bits per heavy atom. The second kappa shape index (κ2) is 14.9. The van der Waals surface area contributed by atoms with Gasteiger partial charge >= 0.3 is 6.03 Å². The molecule has 0 radical (unpaired) electrons. The van der Waals surface area contributed by atoms with Crippen molar-refractivity contribution >= 4 is 6.03 Å². The highest BCUT2D eigenvalue weighted by Crippen LogP contribution is 2.39. The van der Waals surface area contributed by atoms with Crippen molar-refractivity contribution in [2.24, 2.45) is 0 Å². The average Bonchev–Trinajstić information content (AvgIpc) is 3.04. The fourth-order valence-electron chi connectivity index (χ4n) is 5.51. The Labute approximate surface area is 254 Å². The first-order valence-corrected chi connectivity index (χ1v) is 15.0. The largest absolute Gasteiger partial charge is 0.392 e. The lowest BCUT2D eigenvalue weighted by Crippen LogP contribution is -2.37. The van der Waals surface area contributed by atoms with E-state index in [1.807, 2.05) is 55.5 Å². The molecule has 1 saturated heterocycles. The lowest BCUT2D eigenvalue weighted by molar-refractivity contribution is -0.252. The Hall–Kier alpha value is -4.01. The van der Waals surface area contributed by atoms with Crippen molar-refractivity contribution in [3.63, 3.8) is 0 Å². The predicted octanol–water partition coefficient (Wildman–Crippen LogP) is 6.34. The van der Waals surface area contributed by atoms with E-state index in [1.54, 1.807) is 0 Å². The first-order chi connectivity index (χ1) is 21.0. The summed E-state index contributed by atoms with van der Waals surface area (Å²) in [5.41, 5.74) is 7.34. The third-order valence-electron chi connectivity index (χ3n) is 7.71. The van der Waals surface area contributed by atoms with Gasteiger partial charge in [-0.15, -0.1) is 0 Å². The summed E-state index contributed by atoms with van der Waals surface area (Å²) in [4.78, 5) is 14.3. The van der Waals surface area contributed by atoms with Gasteiger partial charge in [-0.05, 0) is 47.4 Å². The van der Waals surface area contributed by atoms with Crippen LogP contribution in [0.3, 0.4) is 0 Å². The van der Waals surface area contributed by atoms with E-state index >= 15 is 0 Å². The molecule has 0 aliphatic carbocycles. The van der Waals surface area contributed by atoms with Crippen LogP contribution < -0.4 is 10.6 Å². The quantitative estimate of drug-likeness (QED) is 0.193. The zero-order valence-corrected chi connectivity index (χ0v) is 24.9. The number of aliphatic hydroxyl groups excluding tert-OH is 1. The number of likely N-dealkylation sites (N-methyl/N-ethyl adjacent to an activating group) is 1. The molecular weight excluding hydrogens is 538 g/mol. The van der Waals surface area contributed by atoms with Crippen LogP contribution in [-0.2, 0) is 29.2 Å². The van der Waals surface area contributed by atoms with Crippen LogP contribution in [0.1, 0.15) is 53.6 Å². The van der Waals surface area contributed by atoms with Crippen molar-refractivity contribution in [1.82, 2.24) is 15.5 Å². The van der Waals surface area contributed by atoms with Crippen LogP contribution in [0, 0.1) is 0 Å².